The second-order valence-electron chi connectivity index (χ2n) is 7.59. The van der Waals surface area contributed by atoms with E-state index >= 15 is 0 Å². The smallest absolute Gasteiger partial charge is 0.227 e. The van der Waals surface area contributed by atoms with Gasteiger partial charge >= 0.3 is 0 Å². The van der Waals surface area contributed by atoms with E-state index in [1.165, 1.54) is 0 Å². The number of aromatic nitrogens is 2. The first kappa shape index (κ1) is 19.6. The Balaban J connectivity index is 1.37. The van der Waals surface area contributed by atoms with Gasteiger partial charge in [-0.05, 0) is 50.1 Å². The van der Waals surface area contributed by atoms with Crippen molar-refractivity contribution in [2.24, 2.45) is 5.92 Å². The zero-order chi connectivity index (χ0) is 20.4. The van der Waals surface area contributed by atoms with Gasteiger partial charge in [-0.2, -0.15) is 0 Å². The van der Waals surface area contributed by atoms with Crippen molar-refractivity contribution in [2.45, 2.75) is 32.7 Å². The average Bonchev–Trinajstić information content (AvgIpc) is 3.36. The molecular formula is C21H24ClN5O2. The number of carbonyl (C=O) groups is 2. The first-order valence-electron chi connectivity index (χ1n) is 9.93. The van der Waals surface area contributed by atoms with Gasteiger partial charge in [0, 0.05) is 42.5 Å². The van der Waals surface area contributed by atoms with Crippen molar-refractivity contribution in [3.05, 3.63) is 46.7 Å². The second kappa shape index (κ2) is 8.37. The highest BCUT2D eigenvalue weighted by atomic mass is 35.5. The van der Waals surface area contributed by atoms with Crippen LogP contribution >= 0.6 is 11.6 Å². The number of hydrogen-bond donors (Lipinski definition) is 1. The van der Waals surface area contributed by atoms with E-state index in [0.717, 1.165) is 49.0 Å². The Morgan fingerprint density at radius 2 is 1.93 bits per heavy atom. The van der Waals surface area contributed by atoms with E-state index < -0.39 is 0 Å². The highest BCUT2D eigenvalue weighted by Crippen LogP contribution is 2.26. The van der Waals surface area contributed by atoms with Crippen molar-refractivity contribution in [1.82, 2.24) is 15.3 Å². The van der Waals surface area contributed by atoms with E-state index in [4.69, 9.17) is 11.6 Å². The molecule has 0 radical (unpaired) electrons. The second-order valence-corrected chi connectivity index (χ2v) is 8.03. The van der Waals surface area contributed by atoms with Crippen LogP contribution in [0.25, 0.3) is 0 Å². The van der Waals surface area contributed by atoms with E-state index in [1.807, 2.05) is 13.0 Å². The Hall–Kier alpha value is -2.67. The third-order valence-corrected chi connectivity index (χ3v) is 5.61. The fourth-order valence-corrected chi connectivity index (χ4v) is 3.97. The predicted octanol–water partition coefficient (Wildman–Crippen LogP) is 2.71. The first-order chi connectivity index (χ1) is 14.0. The molecule has 0 bridgehead atoms. The van der Waals surface area contributed by atoms with Gasteiger partial charge in [-0.3, -0.25) is 9.59 Å². The van der Waals surface area contributed by atoms with Gasteiger partial charge in [0.05, 0.1) is 18.2 Å². The number of anilines is 2. The third-order valence-electron chi connectivity index (χ3n) is 5.36. The summed E-state index contributed by atoms with van der Waals surface area (Å²) < 4.78 is 0. The lowest BCUT2D eigenvalue weighted by Crippen LogP contribution is -2.33. The zero-order valence-electron chi connectivity index (χ0n) is 16.4. The molecule has 1 aromatic carbocycles. The van der Waals surface area contributed by atoms with Gasteiger partial charge in [0.1, 0.15) is 0 Å². The topological polar surface area (TPSA) is 78.4 Å². The summed E-state index contributed by atoms with van der Waals surface area (Å²) in [6.45, 7) is 4.58. The molecule has 2 aromatic rings. The maximum absolute atomic E-state index is 12.7. The highest BCUT2D eigenvalue weighted by Gasteiger charge is 2.35. The van der Waals surface area contributed by atoms with Gasteiger partial charge in [0.25, 0.3) is 0 Å². The Morgan fingerprint density at radius 1 is 1.21 bits per heavy atom. The number of halogens is 1. The van der Waals surface area contributed by atoms with Crippen molar-refractivity contribution >= 4 is 35.1 Å². The minimum Gasteiger partial charge on any atom is -0.350 e. The fourth-order valence-electron chi connectivity index (χ4n) is 3.84. The molecule has 2 aliphatic rings. The van der Waals surface area contributed by atoms with Crippen LogP contribution < -0.4 is 15.1 Å². The van der Waals surface area contributed by atoms with Crippen LogP contribution in [0, 0.1) is 12.8 Å². The van der Waals surface area contributed by atoms with Gasteiger partial charge in [-0.1, -0.05) is 11.6 Å². The molecule has 3 heterocycles. The Morgan fingerprint density at radius 3 is 2.66 bits per heavy atom. The van der Waals surface area contributed by atoms with Crippen molar-refractivity contribution < 1.29 is 9.59 Å². The quantitative estimate of drug-likeness (QED) is 0.815. The molecule has 2 aliphatic heterocycles. The van der Waals surface area contributed by atoms with E-state index in [0.29, 0.717) is 18.1 Å². The molecule has 1 N–H and O–H groups in total. The molecule has 0 aliphatic carbocycles. The molecule has 0 saturated carbocycles. The lowest BCUT2D eigenvalue weighted by molar-refractivity contribution is -0.126. The summed E-state index contributed by atoms with van der Waals surface area (Å²) in [6, 6.07) is 8.97. The van der Waals surface area contributed by atoms with Crippen molar-refractivity contribution in [3.63, 3.8) is 0 Å². The Labute approximate surface area is 175 Å². The maximum Gasteiger partial charge on any atom is 0.227 e. The van der Waals surface area contributed by atoms with Gasteiger partial charge in [0.15, 0.2) is 0 Å². The minimum atomic E-state index is -0.376. The van der Waals surface area contributed by atoms with Gasteiger partial charge in [0.2, 0.25) is 17.8 Å². The van der Waals surface area contributed by atoms with Crippen molar-refractivity contribution in [3.8, 4) is 0 Å². The Kier molecular flexibility index (Phi) is 5.67. The fraction of sp³-hybridized carbons (Fsp3) is 0.429. The predicted molar refractivity (Wildman–Crippen MR) is 112 cm³/mol. The number of rotatable bonds is 5. The van der Waals surface area contributed by atoms with Crippen molar-refractivity contribution in [2.75, 3.05) is 29.4 Å². The van der Waals surface area contributed by atoms with Gasteiger partial charge < -0.3 is 15.1 Å². The zero-order valence-corrected chi connectivity index (χ0v) is 17.2. The summed E-state index contributed by atoms with van der Waals surface area (Å²) in [4.78, 5) is 38.0. The molecular weight excluding hydrogens is 390 g/mol. The number of aryl methyl sites for hydroxylation is 1. The molecule has 4 rings (SSSR count). The lowest BCUT2D eigenvalue weighted by Gasteiger charge is -2.18. The summed E-state index contributed by atoms with van der Waals surface area (Å²) in [5.41, 5.74) is 2.43. The maximum atomic E-state index is 12.7. The summed E-state index contributed by atoms with van der Waals surface area (Å²) in [5, 5.41) is 3.55. The van der Waals surface area contributed by atoms with E-state index in [1.54, 1.807) is 29.2 Å². The SMILES string of the molecule is Cc1cc(CNC(=O)C2CC(=O)N(c3ccc(Cl)cc3)C2)nc(N2CCCC2)n1. The molecule has 7 nitrogen and oxygen atoms in total. The summed E-state index contributed by atoms with van der Waals surface area (Å²) in [7, 11) is 0. The van der Waals surface area contributed by atoms with Crippen LogP contribution in [-0.2, 0) is 16.1 Å². The summed E-state index contributed by atoms with van der Waals surface area (Å²) in [5.74, 6) is 0.173. The molecule has 2 fully saturated rings. The molecule has 1 aromatic heterocycles. The molecule has 1 atom stereocenters. The summed E-state index contributed by atoms with van der Waals surface area (Å²) >= 11 is 5.92. The molecule has 2 amide bonds. The van der Waals surface area contributed by atoms with Crippen LogP contribution in [0.3, 0.4) is 0 Å². The monoisotopic (exact) mass is 413 g/mol. The highest BCUT2D eigenvalue weighted by molar-refractivity contribution is 6.30. The Bertz CT molecular complexity index is 912. The van der Waals surface area contributed by atoms with Crippen LogP contribution in [0.2, 0.25) is 5.02 Å². The van der Waals surface area contributed by atoms with Crippen LogP contribution in [-0.4, -0.2) is 41.4 Å². The summed E-state index contributed by atoms with van der Waals surface area (Å²) in [6.07, 6.45) is 2.52. The minimum absolute atomic E-state index is 0.0540. The lowest BCUT2D eigenvalue weighted by atomic mass is 10.1. The number of amides is 2. The van der Waals surface area contributed by atoms with Crippen LogP contribution in [0.5, 0.6) is 0 Å². The average molecular weight is 414 g/mol. The van der Waals surface area contributed by atoms with E-state index in [9.17, 15) is 9.59 Å². The molecule has 29 heavy (non-hydrogen) atoms. The normalized spacial score (nSPS) is 19.1. The van der Waals surface area contributed by atoms with E-state index in [-0.39, 0.29) is 24.2 Å². The largest absolute Gasteiger partial charge is 0.350 e. The molecule has 152 valence electrons. The van der Waals surface area contributed by atoms with Crippen LogP contribution in [0.15, 0.2) is 30.3 Å². The van der Waals surface area contributed by atoms with Crippen LogP contribution in [0.4, 0.5) is 11.6 Å². The first-order valence-corrected chi connectivity index (χ1v) is 10.3. The number of carbonyl (C=O) groups excluding carboxylic acids is 2. The van der Waals surface area contributed by atoms with Gasteiger partial charge in [-0.25, -0.2) is 9.97 Å². The molecule has 8 heteroatoms. The number of nitrogens with zero attached hydrogens (tertiary/aromatic N) is 4. The van der Waals surface area contributed by atoms with Crippen molar-refractivity contribution in [1.29, 1.82) is 0 Å². The van der Waals surface area contributed by atoms with Gasteiger partial charge in [-0.15, -0.1) is 0 Å². The number of hydrogen-bond acceptors (Lipinski definition) is 5. The number of nitrogens with one attached hydrogen (secondary N) is 1. The van der Waals surface area contributed by atoms with E-state index in [2.05, 4.69) is 20.2 Å². The molecule has 0 spiro atoms. The standard InChI is InChI=1S/C21H24ClN5O2/c1-14-10-17(25-21(24-14)26-8-2-3-9-26)12-23-20(29)15-11-19(28)27(13-15)18-6-4-16(22)5-7-18/h4-7,10,15H,2-3,8-9,11-13H2,1H3,(H,23,29). The van der Waals surface area contributed by atoms with Crippen LogP contribution in [0.1, 0.15) is 30.7 Å². The number of benzene rings is 1. The third kappa shape index (κ3) is 4.50. The molecule has 1 unspecified atom stereocenters. The molecule has 2 saturated heterocycles.